The lowest BCUT2D eigenvalue weighted by Gasteiger charge is -2.35. The van der Waals surface area contributed by atoms with Gasteiger partial charge < -0.3 is 15.1 Å². The van der Waals surface area contributed by atoms with E-state index in [0.29, 0.717) is 19.0 Å². The highest BCUT2D eigenvalue weighted by molar-refractivity contribution is 5.81. The summed E-state index contributed by atoms with van der Waals surface area (Å²) in [6, 6.07) is 8.76. The summed E-state index contributed by atoms with van der Waals surface area (Å²) in [6.07, 6.45) is 7.50. The molecule has 3 aliphatic rings. The van der Waals surface area contributed by atoms with E-state index < -0.39 is 0 Å². The molecule has 2 fully saturated rings. The van der Waals surface area contributed by atoms with Gasteiger partial charge in [0.2, 0.25) is 5.91 Å². The third-order valence-electron chi connectivity index (χ3n) is 6.46. The zero-order valence-corrected chi connectivity index (χ0v) is 16.2. The quantitative estimate of drug-likeness (QED) is 0.890. The second kappa shape index (κ2) is 8.32. The van der Waals surface area contributed by atoms with Crippen molar-refractivity contribution in [2.24, 2.45) is 5.92 Å². The van der Waals surface area contributed by atoms with Gasteiger partial charge in [0.25, 0.3) is 0 Å². The smallest absolute Gasteiger partial charge is 0.320 e. The van der Waals surface area contributed by atoms with Gasteiger partial charge in [-0.15, -0.1) is 0 Å². The van der Waals surface area contributed by atoms with E-state index in [1.165, 1.54) is 17.5 Å². The average Bonchev–Trinajstić information content (AvgIpc) is 3.26. The number of aryl methyl sites for hydroxylation is 1. The maximum absolute atomic E-state index is 12.8. The predicted molar refractivity (Wildman–Crippen MR) is 106 cm³/mol. The third-order valence-corrected chi connectivity index (χ3v) is 6.46. The second-order valence-corrected chi connectivity index (χ2v) is 8.30. The van der Waals surface area contributed by atoms with E-state index in [4.69, 9.17) is 0 Å². The number of amides is 3. The molecule has 0 radical (unpaired) electrons. The van der Waals surface area contributed by atoms with Gasteiger partial charge in [-0.25, -0.2) is 4.79 Å². The van der Waals surface area contributed by atoms with Crippen LogP contribution >= 0.6 is 0 Å². The molecule has 2 atom stereocenters. The topological polar surface area (TPSA) is 52.7 Å². The predicted octanol–water partition coefficient (Wildman–Crippen LogP) is 3.15. The fourth-order valence-electron chi connectivity index (χ4n) is 4.91. The molecule has 0 spiro atoms. The molecule has 1 aromatic rings. The van der Waals surface area contributed by atoms with Crippen LogP contribution in [0.3, 0.4) is 0 Å². The largest absolute Gasteiger partial charge is 0.355 e. The molecule has 1 aromatic carbocycles. The highest BCUT2D eigenvalue weighted by Crippen LogP contribution is 2.31. The first-order valence-electron chi connectivity index (χ1n) is 10.6. The minimum Gasteiger partial charge on any atom is -0.355 e. The molecule has 5 nitrogen and oxygen atoms in total. The molecular weight excluding hydrogens is 338 g/mol. The van der Waals surface area contributed by atoms with E-state index in [9.17, 15) is 9.59 Å². The van der Waals surface area contributed by atoms with Gasteiger partial charge in [-0.1, -0.05) is 24.3 Å². The molecule has 0 unspecified atom stereocenters. The van der Waals surface area contributed by atoms with Gasteiger partial charge in [0.1, 0.15) is 0 Å². The van der Waals surface area contributed by atoms with E-state index in [1.54, 1.807) is 0 Å². The Labute approximate surface area is 162 Å². The summed E-state index contributed by atoms with van der Waals surface area (Å²) in [5, 5.41) is 3.20. The Morgan fingerprint density at radius 1 is 0.963 bits per heavy atom. The van der Waals surface area contributed by atoms with Gasteiger partial charge in [-0.05, 0) is 56.1 Å². The fraction of sp³-hybridized carbons (Fsp3) is 0.636. The monoisotopic (exact) mass is 369 g/mol. The van der Waals surface area contributed by atoms with Crippen molar-refractivity contribution in [3.63, 3.8) is 0 Å². The minimum absolute atomic E-state index is 0.0656. The van der Waals surface area contributed by atoms with E-state index in [2.05, 4.69) is 29.6 Å². The van der Waals surface area contributed by atoms with Gasteiger partial charge in [0.15, 0.2) is 0 Å². The van der Waals surface area contributed by atoms with Crippen LogP contribution in [0, 0.1) is 5.92 Å². The van der Waals surface area contributed by atoms with Crippen molar-refractivity contribution in [1.29, 1.82) is 0 Å². The van der Waals surface area contributed by atoms with Crippen LogP contribution in [0.5, 0.6) is 0 Å². The maximum atomic E-state index is 12.8. The Balaban J connectivity index is 1.31. The van der Waals surface area contributed by atoms with Crippen molar-refractivity contribution in [2.45, 2.75) is 50.9 Å². The van der Waals surface area contributed by atoms with Gasteiger partial charge in [0, 0.05) is 38.6 Å². The molecule has 4 rings (SSSR count). The highest BCUT2D eigenvalue weighted by Gasteiger charge is 2.32. The summed E-state index contributed by atoms with van der Waals surface area (Å²) in [4.78, 5) is 29.3. The lowest BCUT2D eigenvalue weighted by atomic mass is 9.83. The Morgan fingerprint density at radius 3 is 2.59 bits per heavy atom. The molecule has 27 heavy (non-hydrogen) atoms. The number of carbonyl (C=O) groups is 2. The van der Waals surface area contributed by atoms with E-state index in [-0.39, 0.29) is 17.9 Å². The normalized spacial score (nSPS) is 25.2. The number of rotatable bonds is 3. The number of nitrogens with one attached hydrogen (secondary N) is 1. The van der Waals surface area contributed by atoms with Crippen LogP contribution in [0.1, 0.15) is 55.6 Å². The molecule has 3 amide bonds. The van der Waals surface area contributed by atoms with E-state index >= 15 is 0 Å². The first-order valence-corrected chi connectivity index (χ1v) is 10.6. The van der Waals surface area contributed by atoms with E-state index in [0.717, 1.165) is 58.2 Å². The fourth-order valence-corrected chi connectivity index (χ4v) is 4.91. The average molecular weight is 370 g/mol. The number of nitrogens with zero attached hydrogens (tertiary/aromatic N) is 2. The van der Waals surface area contributed by atoms with Crippen molar-refractivity contribution in [2.75, 3.05) is 32.7 Å². The first kappa shape index (κ1) is 18.3. The Morgan fingerprint density at radius 2 is 1.74 bits per heavy atom. The Bertz CT molecular complexity index is 684. The summed E-state index contributed by atoms with van der Waals surface area (Å²) < 4.78 is 0. The lowest BCUT2D eigenvalue weighted by molar-refractivity contribution is -0.126. The van der Waals surface area contributed by atoms with Crippen LogP contribution in [0.4, 0.5) is 4.79 Å². The summed E-state index contributed by atoms with van der Waals surface area (Å²) in [7, 11) is 0. The highest BCUT2D eigenvalue weighted by atomic mass is 16.2. The molecule has 2 aliphatic heterocycles. The van der Waals surface area contributed by atoms with Crippen LogP contribution < -0.4 is 5.32 Å². The minimum atomic E-state index is -0.0656. The number of likely N-dealkylation sites (tertiary alicyclic amines) is 2. The molecule has 2 saturated heterocycles. The number of hydrogen-bond acceptors (Lipinski definition) is 2. The molecule has 0 bridgehead atoms. The van der Waals surface area contributed by atoms with Crippen molar-refractivity contribution in [3.8, 4) is 0 Å². The summed E-state index contributed by atoms with van der Waals surface area (Å²) in [5.74, 6) is 0.478. The number of benzene rings is 1. The molecule has 0 aromatic heterocycles. The van der Waals surface area contributed by atoms with Gasteiger partial charge in [-0.2, -0.15) is 0 Å². The Kier molecular flexibility index (Phi) is 5.65. The first-order chi connectivity index (χ1) is 13.2. The van der Waals surface area contributed by atoms with Crippen LogP contribution in [-0.2, 0) is 11.2 Å². The maximum Gasteiger partial charge on any atom is 0.320 e. The van der Waals surface area contributed by atoms with Gasteiger partial charge in [0.05, 0.1) is 5.92 Å². The molecule has 5 heteroatoms. The summed E-state index contributed by atoms with van der Waals surface area (Å²) in [6.45, 7) is 3.81. The Hall–Kier alpha value is -2.04. The van der Waals surface area contributed by atoms with Crippen molar-refractivity contribution in [1.82, 2.24) is 15.1 Å². The summed E-state index contributed by atoms with van der Waals surface area (Å²) >= 11 is 0. The molecule has 0 saturated carbocycles. The second-order valence-electron chi connectivity index (χ2n) is 8.30. The van der Waals surface area contributed by atoms with Crippen LogP contribution in [0.15, 0.2) is 24.3 Å². The van der Waals surface area contributed by atoms with Crippen LogP contribution in [0.25, 0.3) is 0 Å². The van der Waals surface area contributed by atoms with Crippen molar-refractivity contribution >= 4 is 11.9 Å². The number of urea groups is 1. The number of carbonyl (C=O) groups excluding carboxylic acids is 2. The molecule has 1 N–H and O–H groups in total. The zero-order chi connectivity index (χ0) is 18.6. The van der Waals surface area contributed by atoms with Gasteiger partial charge in [-0.3, -0.25) is 4.79 Å². The SMILES string of the molecule is O=C(NC[C@@H]1CCCc2ccccc21)[C@@H]1CCCN(C(=O)N2CCCC2)C1. The van der Waals surface area contributed by atoms with Crippen LogP contribution in [0.2, 0.25) is 0 Å². The van der Waals surface area contributed by atoms with Crippen LogP contribution in [-0.4, -0.2) is 54.5 Å². The standard InChI is InChI=1S/C22H31N3O2/c26-21(23-15-18-9-5-8-17-7-1-2-11-20(17)18)19-10-6-14-25(16-19)22(27)24-12-3-4-13-24/h1-2,7,11,18-19H,3-6,8-10,12-16H2,(H,23,26)/t18-,19+/m0/s1. The molecule has 2 heterocycles. The van der Waals surface area contributed by atoms with Gasteiger partial charge >= 0.3 is 6.03 Å². The third kappa shape index (κ3) is 4.12. The number of hydrogen-bond donors (Lipinski definition) is 1. The molecule has 146 valence electrons. The molecular formula is C22H31N3O2. The van der Waals surface area contributed by atoms with E-state index in [1.807, 2.05) is 9.80 Å². The van der Waals surface area contributed by atoms with Crippen molar-refractivity contribution in [3.05, 3.63) is 35.4 Å². The van der Waals surface area contributed by atoms with Crippen molar-refractivity contribution < 1.29 is 9.59 Å². The summed E-state index contributed by atoms with van der Waals surface area (Å²) in [5.41, 5.74) is 2.83. The lowest BCUT2D eigenvalue weighted by Crippen LogP contribution is -2.50. The number of fused-ring (bicyclic) bond motifs is 1. The molecule has 1 aliphatic carbocycles. The zero-order valence-electron chi connectivity index (χ0n) is 16.2. The number of piperidine rings is 1.